The highest BCUT2D eigenvalue weighted by atomic mass is 35.5. The fourth-order valence-corrected chi connectivity index (χ4v) is 3.48. The number of ether oxygens (including phenoxy) is 1. The van der Waals surface area contributed by atoms with E-state index in [4.69, 9.17) is 16.3 Å². The number of aryl methyl sites for hydroxylation is 1. The van der Waals surface area contributed by atoms with Gasteiger partial charge in [-0.05, 0) is 78.9 Å². The Morgan fingerprint density at radius 1 is 1.00 bits per heavy atom. The minimum Gasteiger partial charge on any atom is -0.454 e. The first-order chi connectivity index (χ1) is 14.9. The van der Waals surface area contributed by atoms with Crippen molar-refractivity contribution < 1.29 is 14.3 Å². The zero-order chi connectivity index (χ0) is 22.0. The highest BCUT2D eigenvalue weighted by Crippen LogP contribution is 2.23. The summed E-state index contributed by atoms with van der Waals surface area (Å²) >= 11 is 5.97. The first-order valence-corrected chi connectivity index (χ1v) is 9.80. The molecule has 4 rings (SSSR count). The van der Waals surface area contributed by atoms with Crippen molar-refractivity contribution in [1.29, 1.82) is 0 Å². The van der Waals surface area contributed by atoms with Gasteiger partial charge in [-0.3, -0.25) is 4.79 Å². The minimum atomic E-state index is -0.580. The van der Waals surface area contributed by atoms with Gasteiger partial charge in [0, 0.05) is 27.7 Å². The predicted molar refractivity (Wildman–Crippen MR) is 114 cm³/mol. The molecule has 0 aliphatic rings. The Bertz CT molecular complexity index is 1230. The summed E-state index contributed by atoms with van der Waals surface area (Å²) in [6, 6.07) is 15.7. The maximum atomic E-state index is 12.7. The van der Waals surface area contributed by atoms with E-state index in [9.17, 15) is 9.59 Å². The zero-order valence-corrected chi connectivity index (χ0v) is 17.6. The average Bonchev–Trinajstić information content (AvgIpc) is 3.41. The molecule has 0 amide bonds. The van der Waals surface area contributed by atoms with Crippen LogP contribution in [-0.2, 0) is 4.74 Å². The van der Waals surface area contributed by atoms with Crippen molar-refractivity contribution in [2.24, 2.45) is 0 Å². The molecule has 8 nitrogen and oxygen atoms in total. The number of carbonyl (C=O) groups is 2. The second-order valence-electron chi connectivity index (χ2n) is 6.90. The maximum Gasteiger partial charge on any atom is 0.338 e. The Balaban J connectivity index is 1.44. The first-order valence-electron chi connectivity index (χ1n) is 9.42. The molecule has 156 valence electrons. The van der Waals surface area contributed by atoms with E-state index in [-0.39, 0.29) is 12.4 Å². The van der Waals surface area contributed by atoms with Crippen LogP contribution in [0, 0.1) is 13.8 Å². The van der Waals surface area contributed by atoms with Crippen LogP contribution in [0.2, 0.25) is 5.02 Å². The minimum absolute atomic E-state index is 0.271. The summed E-state index contributed by atoms with van der Waals surface area (Å²) in [5.74, 6) is -0.852. The van der Waals surface area contributed by atoms with Crippen LogP contribution in [-0.4, -0.2) is 43.1 Å². The molecule has 9 heteroatoms. The molecule has 0 N–H and O–H groups in total. The average molecular weight is 436 g/mol. The SMILES string of the molecule is Cc1cc(C(=O)COC(=O)c2ccc(-n3cnnn3)cc2)c(C)n1-c1ccc(Cl)cc1. The highest BCUT2D eigenvalue weighted by molar-refractivity contribution is 6.30. The number of esters is 1. The van der Waals surface area contributed by atoms with Crippen LogP contribution in [0.25, 0.3) is 11.4 Å². The third-order valence-electron chi connectivity index (χ3n) is 4.87. The van der Waals surface area contributed by atoms with Crippen molar-refractivity contribution >= 4 is 23.4 Å². The van der Waals surface area contributed by atoms with Crippen molar-refractivity contribution in [1.82, 2.24) is 24.8 Å². The van der Waals surface area contributed by atoms with E-state index in [1.807, 2.05) is 30.5 Å². The van der Waals surface area contributed by atoms with Crippen LogP contribution in [0.4, 0.5) is 0 Å². The normalized spacial score (nSPS) is 10.8. The van der Waals surface area contributed by atoms with Crippen LogP contribution in [0.1, 0.15) is 32.1 Å². The van der Waals surface area contributed by atoms with Gasteiger partial charge in [0.05, 0.1) is 11.3 Å². The second-order valence-corrected chi connectivity index (χ2v) is 7.33. The summed E-state index contributed by atoms with van der Waals surface area (Å²) < 4.78 is 8.67. The number of ketones is 1. The lowest BCUT2D eigenvalue weighted by Gasteiger charge is -2.10. The van der Waals surface area contributed by atoms with Crippen molar-refractivity contribution in [3.05, 3.63) is 88.5 Å². The van der Waals surface area contributed by atoms with E-state index in [1.165, 1.54) is 11.0 Å². The van der Waals surface area contributed by atoms with Crippen LogP contribution < -0.4 is 0 Å². The molecule has 0 saturated heterocycles. The van der Waals surface area contributed by atoms with E-state index in [1.54, 1.807) is 42.5 Å². The smallest absolute Gasteiger partial charge is 0.338 e. The number of rotatable bonds is 6. The monoisotopic (exact) mass is 435 g/mol. The number of Topliss-reactive ketones (excluding diaryl/α,β-unsaturated/α-hetero) is 1. The highest BCUT2D eigenvalue weighted by Gasteiger charge is 2.19. The molecule has 2 aromatic carbocycles. The summed E-state index contributed by atoms with van der Waals surface area (Å²) in [5, 5.41) is 11.6. The molecular formula is C22H18ClN5O3. The van der Waals surface area contributed by atoms with Crippen molar-refractivity contribution in [3.63, 3.8) is 0 Å². The predicted octanol–water partition coefficient (Wildman–Crippen LogP) is 3.76. The first kappa shape index (κ1) is 20.5. The summed E-state index contributed by atoms with van der Waals surface area (Å²) in [6.07, 6.45) is 1.45. The van der Waals surface area contributed by atoms with Crippen LogP contribution >= 0.6 is 11.6 Å². The van der Waals surface area contributed by atoms with Gasteiger partial charge in [-0.2, -0.15) is 0 Å². The third-order valence-corrected chi connectivity index (χ3v) is 5.12. The van der Waals surface area contributed by atoms with Crippen molar-refractivity contribution in [3.8, 4) is 11.4 Å². The Hall–Kier alpha value is -3.78. The van der Waals surface area contributed by atoms with Gasteiger partial charge in [-0.15, -0.1) is 5.10 Å². The lowest BCUT2D eigenvalue weighted by atomic mass is 10.1. The Morgan fingerprint density at radius 2 is 1.68 bits per heavy atom. The number of aromatic nitrogens is 5. The number of nitrogens with zero attached hydrogens (tertiary/aromatic N) is 5. The zero-order valence-electron chi connectivity index (χ0n) is 16.8. The fraction of sp³-hybridized carbons (Fsp3) is 0.136. The maximum absolute atomic E-state index is 12.7. The van der Waals surface area contributed by atoms with E-state index in [2.05, 4.69) is 15.5 Å². The molecule has 0 saturated carbocycles. The summed E-state index contributed by atoms with van der Waals surface area (Å²) in [5.41, 5.74) is 4.11. The fourth-order valence-electron chi connectivity index (χ4n) is 3.35. The molecular weight excluding hydrogens is 418 g/mol. The van der Waals surface area contributed by atoms with E-state index >= 15 is 0 Å². The number of halogens is 1. The number of benzene rings is 2. The van der Waals surface area contributed by atoms with Gasteiger partial charge in [-0.1, -0.05) is 11.6 Å². The Labute approximate surface area is 183 Å². The molecule has 0 aliphatic carbocycles. The quantitative estimate of drug-likeness (QED) is 0.338. The number of carbonyl (C=O) groups excluding carboxylic acids is 2. The van der Waals surface area contributed by atoms with Gasteiger partial charge in [-0.25, -0.2) is 9.48 Å². The second kappa shape index (κ2) is 8.53. The molecule has 0 aliphatic heterocycles. The lowest BCUT2D eigenvalue weighted by molar-refractivity contribution is 0.0474. The van der Waals surface area contributed by atoms with Crippen molar-refractivity contribution in [2.45, 2.75) is 13.8 Å². The largest absolute Gasteiger partial charge is 0.454 e. The van der Waals surface area contributed by atoms with Gasteiger partial charge in [0.1, 0.15) is 6.33 Å². The van der Waals surface area contributed by atoms with Crippen LogP contribution in [0.15, 0.2) is 60.9 Å². The molecule has 0 unspecified atom stereocenters. The summed E-state index contributed by atoms with van der Waals surface area (Å²) in [4.78, 5) is 25.1. The van der Waals surface area contributed by atoms with E-state index in [0.29, 0.717) is 21.8 Å². The van der Waals surface area contributed by atoms with Crippen molar-refractivity contribution in [2.75, 3.05) is 6.61 Å². The molecule has 0 spiro atoms. The molecule has 4 aromatic rings. The Morgan fingerprint density at radius 3 is 2.32 bits per heavy atom. The number of hydrogen-bond donors (Lipinski definition) is 0. The lowest BCUT2D eigenvalue weighted by Crippen LogP contribution is -2.15. The molecule has 31 heavy (non-hydrogen) atoms. The van der Waals surface area contributed by atoms with E-state index in [0.717, 1.165) is 17.1 Å². The molecule has 0 fully saturated rings. The molecule has 2 aromatic heterocycles. The molecule has 0 bridgehead atoms. The van der Waals surface area contributed by atoms with Crippen LogP contribution in [0.5, 0.6) is 0 Å². The van der Waals surface area contributed by atoms with E-state index < -0.39 is 5.97 Å². The summed E-state index contributed by atoms with van der Waals surface area (Å²) in [7, 11) is 0. The Kier molecular flexibility index (Phi) is 5.64. The molecule has 2 heterocycles. The number of tetrazole rings is 1. The number of hydrogen-bond acceptors (Lipinski definition) is 6. The standard InChI is InChI=1S/C22H18ClN5O3/c1-14-11-20(15(2)28(14)19-9-5-17(23)6-10-19)21(29)12-31-22(30)16-3-7-18(8-4-16)27-13-24-25-26-27/h3-11,13H,12H2,1-2H3. The third kappa shape index (κ3) is 4.24. The van der Waals surface area contributed by atoms with Gasteiger partial charge >= 0.3 is 5.97 Å². The summed E-state index contributed by atoms with van der Waals surface area (Å²) in [6.45, 7) is 3.42. The van der Waals surface area contributed by atoms with Gasteiger partial charge in [0.2, 0.25) is 5.78 Å². The topological polar surface area (TPSA) is 91.9 Å². The molecule has 0 radical (unpaired) electrons. The molecule has 0 atom stereocenters. The van der Waals surface area contributed by atoms with Crippen LogP contribution in [0.3, 0.4) is 0 Å². The van der Waals surface area contributed by atoms with Gasteiger partial charge in [0.15, 0.2) is 6.61 Å². The van der Waals surface area contributed by atoms with Gasteiger partial charge < -0.3 is 9.30 Å². The van der Waals surface area contributed by atoms with Gasteiger partial charge in [0.25, 0.3) is 0 Å².